The lowest BCUT2D eigenvalue weighted by Crippen LogP contribution is -1.86. The maximum Gasteiger partial charge on any atom is 0.105 e. The molecule has 0 aliphatic heterocycles. The molecule has 72 valence electrons. The largest absolute Gasteiger partial charge is 0.338 e. The molecule has 2 rings (SSSR count). The standard InChI is InChI=1S/C11H11BrN2/c1-8-13-11(7-14(8)2)9-4-3-5-10(12)6-9/h3-7H,1-2H3/i1D3,2D3,7D. The molecule has 0 aliphatic carbocycles. The summed E-state index contributed by atoms with van der Waals surface area (Å²) in [5.74, 6) is -0.609. The Hall–Kier alpha value is -1.09. The van der Waals surface area contributed by atoms with Crippen LogP contribution in [0.15, 0.2) is 34.9 Å². The SMILES string of the molecule is [2H]c1c(-c2cccc(Br)c2)nc(C([2H])([2H])[2H])n1C([2H])([2H])[2H]. The van der Waals surface area contributed by atoms with Crippen molar-refractivity contribution < 1.29 is 9.60 Å². The minimum Gasteiger partial charge on any atom is -0.338 e. The van der Waals surface area contributed by atoms with Gasteiger partial charge >= 0.3 is 0 Å². The van der Waals surface area contributed by atoms with Crippen LogP contribution in [0, 0.1) is 6.85 Å². The van der Waals surface area contributed by atoms with Gasteiger partial charge in [0.1, 0.15) is 5.82 Å². The van der Waals surface area contributed by atoms with Gasteiger partial charge in [-0.05, 0) is 19.0 Å². The second kappa shape index (κ2) is 3.58. The summed E-state index contributed by atoms with van der Waals surface area (Å²) in [6, 6.07) is 6.74. The topological polar surface area (TPSA) is 17.8 Å². The van der Waals surface area contributed by atoms with E-state index in [2.05, 4.69) is 20.9 Å². The summed E-state index contributed by atoms with van der Waals surface area (Å²) in [6.07, 6.45) is -0.445. The molecule has 2 nitrogen and oxygen atoms in total. The van der Waals surface area contributed by atoms with Crippen molar-refractivity contribution in [1.82, 2.24) is 9.55 Å². The zero-order valence-corrected chi connectivity index (χ0v) is 8.67. The summed E-state index contributed by atoms with van der Waals surface area (Å²) in [7, 11) is 0. The van der Waals surface area contributed by atoms with E-state index in [1.54, 1.807) is 24.3 Å². The van der Waals surface area contributed by atoms with Gasteiger partial charge in [-0.3, -0.25) is 0 Å². The van der Waals surface area contributed by atoms with Crippen molar-refractivity contribution in [1.29, 1.82) is 0 Å². The van der Waals surface area contributed by atoms with Crippen LogP contribution in [0.5, 0.6) is 0 Å². The first-order valence-corrected chi connectivity index (χ1v) is 4.67. The van der Waals surface area contributed by atoms with E-state index in [1.165, 1.54) is 0 Å². The van der Waals surface area contributed by atoms with E-state index in [0.717, 1.165) is 4.47 Å². The summed E-state index contributed by atoms with van der Waals surface area (Å²) in [5.41, 5.74) is 0.501. The van der Waals surface area contributed by atoms with Crippen molar-refractivity contribution in [2.24, 2.45) is 6.98 Å². The first-order valence-electron chi connectivity index (χ1n) is 7.38. The molecule has 1 aromatic carbocycles. The fourth-order valence-electron chi connectivity index (χ4n) is 1.10. The Morgan fingerprint density at radius 2 is 2.50 bits per heavy atom. The molecule has 0 unspecified atom stereocenters. The Labute approximate surface area is 102 Å². The van der Waals surface area contributed by atoms with E-state index in [9.17, 15) is 0 Å². The molecular weight excluding hydrogens is 240 g/mol. The summed E-state index contributed by atoms with van der Waals surface area (Å²) in [4.78, 5) is 3.89. The molecule has 0 N–H and O–H groups in total. The number of aromatic nitrogens is 2. The van der Waals surface area contributed by atoms with E-state index < -0.39 is 25.8 Å². The smallest absolute Gasteiger partial charge is 0.105 e. The van der Waals surface area contributed by atoms with Crippen LogP contribution >= 0.6 is 15.9 Å². The highest BCUT2D eigenvalue weighted by Crippen LogP contribution is 2.21. The average molecular weight is 258 g/mol. The van der Waals surface area contributed by atoms with Crippen molar-refractivity contribution in [3.63, 3.8) is 0 Å². The number of rotatable bonds is 1. The van der Waals surface area contributed by atoms with Crippen molar-refractivity contribution >= 4 is 15.9 Å². The Bertz CT molecular complexity index is 672. The van der Waals surface area contributed by atoms with Crippen LogP contribution in [0.2, 0.25) is 0 Å². The molecule has 0 fully saturated rings. The highest BCUT2D eigenvalue weighted by molar-refractivity contribution is 9.10. The van der Waals surface area contributed by atoms with Gasteiger partial charge in [0.15, 0.2) is 0 Å². The Kier molecular flexibility index (Phi) is 1.07. The molecule has 0 bridgehead atoms. The number of aryl methyl sites for hydroxylation is 1. The van der Waals surface area contributed by atoms with Gasteiger partial charge in [-0.2, -0.15) is 0 Å². The Morgan fingerprint density at radius 3 is 3.14 bits per heavy atom. The van der Waals surface area contributed by atoms with Crippen molar-refractivity contribution in [2.45, 2.75) is 6.85 Å². The van der Waals surface area contributed by atoms with Gasteiger partial charge in [-0.25, -0.2) is 4.98 Å². The van der Waals surface area contributed by atoms with Crippen molar-refractivity contribution in [2.75, 3.05) is 0 Å². The van der Waals surface area contributed by atoms with Gasteiger partial charge in [-0.1, -0.05) is 28.1 Å². The first kappa shape index (κ1) is 4.19. The molecule has 1 heterocycles. The normalized spacial score (nSPS) is 19.6. The molecule has 0 saturated carbocycles. The van der Waals surface area contributed by atoms with Crippen LogP contribution in [-0.4, -0.2) is 9.55 Å². The molecular formula is C11H11BrN2. The predicted molar refractivity (Wildman–Crippen MR) is 61.1 cm³/mol. The Morgan fingerprint density at radius 1 is 1.57 bits per heavy atom. The van der Waals surface area contributed by atoms with Gasteiger partial charge in [0.25, 0.3) is 0 Å². The maximum absolute atomic E-state index is 7.99. The molecule has 0 saturated heterocycles. The highest BCUT2D eigenvalue weighted by atomic mass is 79.9. The fraction of sp³-hybridized carbons (Fsp3) is 0.182. The minimum absolute atomic E-state index is 0.0264. The number of halogens is 1. The van der Waals surface area contributed by atoms with Crippen LogP contribution in [0.4, 0.5) is 0 Å². The number of hydrogen-bond acceptors (Lipinski definition) is 1. The van der Waals surface area contributed by atoms with Gasteiger partial charge in [0, 0.05) is 31.4 Å². The van der Waals surface area contributed by atoms with E-state index in [-0.39, 0.29) is 5.69 Å². The molecule has 0 aliphatic rings. The number of imidazole rings is 1. The molecule has 2 aromatic rings. The van der Waals surface area contributed by atoms with Crippen LogP contribution in [-0.2, 0) is 6.98 Å². The van der Waals surface area contributed by atoms with Crippen LogP contribution in [0.3, 0.4) is 0 Å². The van der Waals surface area contributed by atoms with Crippen molar-refractivity contribution in [3.05, 3.63) is 40.7 Å². The average Bonchev–Trinajstić information content (AvgIpc) is 2.66. The molecule has 1 aromatic heterocycles. The molecule has 14 heavy (non-hydrogen) atoms. The van der Waals surface area contributed by atoms with Gasteiger partial charge in [0.05, 0.1) is 7.06 Å². The monoisotopic (exact) mass is 257 g/mol. The summed E-state index contributed by atoms with van der Waals surface area (Å²) < 4.78 is 53.7. The van der Waals surface area contributed by atoms with E-state index >= 15 is 0 Å². The highest BCUT2D eigenvalue weighted by Gasteiger charge is 2.03. The molecule has 0 radical (unpaired) electrons. The molecule has 0 atom stereocenters. The molecule has 3 heteroatoms. The van der Waals surface area contributed by atoms with Crippen molar-refractivity contribution in [3.8, 4) is 11.3 Å². The summed E-state index contributed by atoms with van der Waals surface area (Å²) >= 11 is 3.27. The van der Waals surface area contributed by atoms with Crippen LogP contribution in [0.25, 0.3) is 11.3 Å². The molecule has 0 spiro atoms. The summed E-state index contributed by atoms with van der Waals surface area (Å²) in [5, 5.41) is 0. The third kappa shape index (κ3) is 1.73. The first-order chi connectivity index (χ1) is 9.51. The summed E-state index contributed by atoms with van der Waals surface area (Å²) in [6.45, 7) is -5.49. The van der Waals surface area contributed by atoms with Gasteiger partial charge < -0.3 is 4.57 Å². The number of nitrogens with zero attached hydrogens (tertiary/aromatic N) is 2. The van der Waals surface area contributed by atoms with Crippen LogP contribution < -0.4 is 0 Å². The Balaban J connectivity index is 2.74. The van der Waals surface area contributed by atoms with Gasteiger partial charge in [0.2, 0.25) is 0 Å². The predicted octanol–water partition coefficient (Wildman–Crippen LogP) is 3.16. The quantitative estimate of drug-likeness (QED) is 0.768. The number of hydrogen-bond donors (Lipinski definition) is 0. The second-order valence-electron chi connectivity index (χ2n) is 2.74. The maximum atomic E-state index is 7.99. The van der Waals surface area contributed by atoms with Gasteiger partial charge in [-0.15, -0.1) is 0 Å². The molecule has 0 amide bonds. The zero-order valence-electron chi connectivity index (χ0n) is 14.1. The third-order valence-corrected chi connectivity index (χ3v) is 2.24. The lowest BCUT2D eigenvalue weighted by Gasteiger charge is -1.96. The minimum atomic E-state index is -2.78. The lowest BCUT2D eigenvalue weighted by molar-refractivity contribution is 0.858. The van der Waals surface area contributed by atoms with E-state index in [0.29, 0.717) is 10.1 Å². The lowest BCUT2D eigenvalue weighted by atomic mass is 10.2. The fourth-order valence-corrected chi connectivity index (χ4v) is 1.50. The van der Waals surface area contributed by atoms with Crippen LogP contribution in [0.1, 0.15) is 15.4 Å². The second-order valence-corrected chi connectivity index (χ2v) is 3.66. The third-order valence-electron chi connectivity index (χ3n) is 1.75. The zero-order chi connectivity index (χ0) is 16.0. The van der Waals surface area contributed by atoms with E-state index in [4.69, 9.17) is 9.60 Å². The van der Waals surface area contributed by atoms with E-state index in [1.807, 2.05) is 0 Å². The number of benzene rings is 1.